The summed E-state index contributed by atoms with van der Waals surface area (Å²) in [5.74, 6) is 0. The Morgan fingerprint density at radius 1 is 1.56 bits per heavy atom. The molecule has 2 unspecified atom stereocenters. The summed E-state index contributed by atoms with van der Waals surface area (Å²) in [4.78, 5) is 4.01. The van der Waals surface area contributed by atoms with Gasteiger partial charge < -0.3 is 5.73 Å². The third kappa shape index (κ3) is 2.67. The number of nitrogens with zero attached hydrogens (tertiary/aromatic N) is 1. The van der Waals surface area contributed by atoms with Gasteiger partial charge in [0.25, 0.3) is 0 Å². The molecule has 0 saturated carbocycles. The van der Waals surface area contributed by atoms with E-state index in [0.29, 0.717) is 12.1 Å². The van der Waals surface area contributed by atoms with E-state index in [1.165, 1.54) is 34.5 Å². The Balaban J connectivity index is 2.10. The van der Waals surface area contributed by atoms with Crippen molar-refractivity contribution in [1.82, 2.24) is 4.90 Å². The molecule has 2 rings (SSSR count). The minimum absolute atomic E-state index is 0.505. The van der Waals surface area contributed by atoms with Crippen molar-refractivity contribution in [2.75, 3.05) is 13.1 Å². The van der Waals surface area contributed by atoms with E-state index in [1.54, 1.807) is 0 Å². The molecule has 4 heteroatoms. The molecule has 0 aromatic carbocycles. The maximum Gasteiger partial charge on any atom is 0.0701 e. The molecule has 16 heavy (non-hydrogen) atoms. The van der Waals surface area contributed by atoms with Crippen molar-refractivity contribution >= 4 is 27.3 Å². The maximum absolute atomic E-state index is 5.87. The third-order valence-electron chi connectivity index (χ3n) is 3.45. The SMILES string of the molecule is CC(c1ccc(Br)s1)N1CCCCC1CN. The average molecular weight is 303 g/mol. The normalized spacial score (nSPS) is 24.6. The summed E-state index contributed by atoms with van der Waals surface area (Å²) in [6.45, 7) is 4.28. The summed E-state index contributed by atoms with van der Waals surface area (Å²) in [6, 6.07) is 5.44. The molecule has 1 fully saturated rings. The van der Waals surface area contributed by atoms with Gasteiger partial charge in [-0.25, -0.2) is 0 Å². The minimum Gasteiger partial charge on any atom is -0.329 e. The molecule has 1 aromatic rings. The summed E-state index contributed by atoms with van der Waals surface area (Å²) < 4.78 is 1.22. The van der Waals surface area contributed by atoms with Crippen LogP contribution in [0.15, 0.2) is 15.9 Å². The molecule has 0 aliphatic carbocycles. The van der Waals surface area contributed by atoms with Gasteiger partial charge in [0, 0.05) is 23.5 Å². The second kappa shape index (κ2) is 5.63. The second-order valence-corrected chi connectivity index (χ2v) is 6.94. The molecule has 2 heterocycles. The van der Waals surface area contributed by atoms with Crippen LogP contribution >= 0.6 is 27.3 Å². The van der Waals surface area contributed by atoms with Crippen LogP contribution in [0, 0.1) is 0 Å². The van der Waals surface area contributed by atoms with Crippen molar-refractivity contribution in [3.05, 3.63) is 20.8 Å². The number of likely N-dealkylation sites (tertiary alicyclic amines) is 1. The van der Waals surface area contributed by atoms with Crippen LogP contribution in [0.2, 0.25) is 0 Å². The van der Waals surface area contributed by atoms with Gasteiger partial charge in [-0.1, -0.05) is 6.42 Å². The summed E-state index contributed by atoms with van der Waals surface area (Å²) in [6.07, 6.45) is 3.90. The maximum atomic E-state index is 5.87. The fraction of sp³-hybridized carbons (Fsp3) is 0.667. The molecule has 1 aliphatic rings. The van der Waals surface area contributed by atoms with Crippen LogP contribution in [-0.4, -0.2) is 24.0 Å². The molecule has 0 amide bonds. The van der Waals surface area contributed by atoms with E-state index in [4.69, 9.17) is 5.73 Å². The first-order chi connectivity index (χ1) is 7.72. The van der Waals surface area contributed by atoms with E-state index >= 15 is 0 Å². The zero-order valence-corrected chi connectivity index (χ0v) is 12.1. The predicted octanol–water partition coefficient (Wildman–Crippen LogP) is 3.38. The van der Waals surface area contributed by atoms with E-state index in [9.17, 15) is 0 Å². The highest BCUT2D eigenvalue weighted by Gasteiger charge is 2.26. The Kier molecular flexibility index (Phi) is 4.41. The lowest BCUT2D eigenvalue weighted by molar-refractivity contribution is 0.109. The minimum atomic E-state index is 0.505. The Hall–Kier alpha value is 0.1000. The zero-order chi connectivity index (χ0) is 11.5. The summed E-state index contributed by atoms with van der Waals surface area (Å²) in [7, 11) is 0. The Morgan fingerprint density at radius 2 is 2.38 bits per heavy atom. The molecule has 0 bridgehead atoms. The van der Waals surface area contributed by atoms with Crippen LogP contribution in [0.1, 0.15) is 37.1 Å². The van der Waals surface area contributed by atoms with Gasteiger partial charge in [-0.05, 0) is 54.4 Å². The topological polar surface area (TPSA) is 29.3 Å². The van der Waals surface area contributed by atoms with Crippen molar-refractivity contribution in [3.8, 4) is 0 Å². The third-order valence-corrected chi connectivity index (χ3v) is 5.24. The molecular weight excluding hydrogens is 284 g/mol. The number of thiophene rings is 1. The Labute approximate surface area is 110 Å². The highest BCUT2D eigenvalue weighted by Crippen LogP contribution is 2.33. The van der Waals surface area contributed by atoms with Crippen molar-refractivity contribution < 1.29 is 0 Å². The van der Waals surface area contributed by atoms with Gasteiger partial charge in [-0.2, -0.15) is 0 Å². The fourth-order valence-corrected chi connectivity index (χ4v) is 4.00. The predicted molar refractivity (Wildman–Crippen MR) is 73.8 cm³/mol. The van der Waals surface area contributed by atoms with E-state index < -0.39 is 0 Å². The van der Waals surface area contributed by atoms with Gasteiger partial charge in [0.2, 0.25) is 0 Å². The number of hydrogen-bond donors (Lipinski definition) is 1. The van der Waals surface area contributed by atoms with Gasteiger partial charge in [0.15, 0.2) is 0 Å². The van der Waals surface area contributed by atoms with Crippen LogP contribution in [0.25, 0.3) is 0 Å². The zero-order valence-electron chi connectivity index (χ0n) is 9.66. The molecule has 1 aromatic heterocycles. The molecule has 1 aliphatic heterocycles. The summed E-state index contributed by atoms with van der Waals surface area (Å²) in [5.41, 5.74) is 5.87. The molecule has 2 N–H and O–H groups in total. The first-order valence-electron chi connectivity index (χ1n) is 5.93. The Morgan fingerprint density at radius 3 is 3.00 bits per heavy atom. The van der Waals surface area contributed by atoms with Crippen molar-refractivity contribution in [3.63, 3.8) is 0 Å². The van der Waals surface area contributed by atoms with E-state index in [-0.39, 0.29) is 0 Å². The molecular formula is C12H19BrN2S. The molecule has 0 spiro atoms. The monoisotopic (exact) mass is 302 g/mol. The van der Waals surface area contributed by atoms with Crippen LogP contribution in [-0.2, 0) is 0 Å². The number of rotatable bonds is 3. The second-order valence-electron chi connectivity index (χ2n) is 4.44. The molecule has 2 nitrogen and oxygen atoms in total. The highest BCUT2D eigenvalue weighted by atomic mass is 79.9. The number of piperidine rings is 1. The van der Waals surface area contributed by atoms with E-state index in [1.807, 2.05) is 11.3 Å². The van der Waals surface area contributed by atoms with Gasteiger partial charge in [-0.3, -0.25) is 4.90 Å². The smallest absolute Gasteiger partial charge is 0.0701 e. The fourth-order valence-electron chi connectivity index (χ4n) is 2.50. The first-order valence-corrected chi connectivity index (χ1v) is 7.54. The quantitative estimate of drug-likeness (QED) is 0.927. The lowest BCUT2D eigenvalue weighted by Crippen LogP contribution is -2.45. The first kappa shape index (κ1) is 12.6. The lowest BCUT2D eigenvalue weighted by atomic mass is 10.00. The Bertz CT molecular complexity index is 340. The van der Waals surface area contributed by atoms with Crippen molar-refractivity contribution in [2.45, 2.75) is 38.3 Å². The highest BCUT2D eigenvalue weighted by molar-refractivity contribution is 9.11. The van der Waals surface area contributed by atoms with Crippen LogP contribution in [0.5, 0.6) is 0 Å². The molecule has 2 atom stereocenters. The lowest BCUT2D eigenvalue weighted by Gasteiger charge is -2.39. The molecule has 0 radical (unpaired) electrons. The van der Waals surface area contributed by atoms with E-state index in [0.717, 1.165) is 6.54 Å². The van der Waals surface area contributed by atoms with Crippen LogP contribution in [0.4, 0.5) is 0 Å². The average Bonchev–Trinajstić information content (AvgIpc) is 2.75. The number of nitrogens with two attached hydrogens (primary N) is 1. The van der Waals surface area contributed by atoms with Gasteiger partial charge in [0.1, 0.15) is 0 Å². The standard InChI is InChI=1S/C12H19BrN2S/c1-9(11-5-6-12(13)16-11)15-7-3-2-4-10(15)8-14/h5-6,9-10H,2-4,7-8,14H2,1H3. The largest absolute Gasteiger partial charge is 0.329 e. The van der Waals surface area contributed by atoms with Gasteiger partial charge in [0.05, 0.1) is 3.79 Å². The van der Waals surface area contributed by atoms with Gasteiger partial charge in [-0.15, -0.1) is 11.3 Å². The summed E-state index contributed by atoms with van der Waals surface area (Å²) >= 11 is 5.37. The molecule has 90 valence electrons. The summed E-state index contributed by atoms with van der Waals surface area (Å²) in [5, 5.41) is 0. The molecule has 1 saturated heterocycles. The van der Waals surface area contributed by atoms with Gasteiger partial charge >= 0.3 is 0 Å². The number of halogens is 1. The van der Waals surface area contributed by atoms with Crippen LogP contribution in [0.3, 0.4) is 0 Å². The van der Waals surface area contributed by atoms with Crippen LogP contribution < -0.4 is 5.73 Å². The van der Waals surface area contributed by atoms with Crippen molar-refractivity contribution in [1.29, 1.82) is 0 Å². The van der Waals surface area contributed by atoms with Crippen molar-refractivity contribution in [2.24, 2.45) is 5.73 Å². The number of hydrogen-bond acceptors (Lipinski definition) is 3. The van der Waals surface area contributed by atoms with E-state index in [2.05, 4.69) is 39.9 Å².